The molecule has 1 aromatic carbocycles. The molecule has 0 atom stereocenters. The zero-order valence-corrected chi connectivity index (χ0v) is 10.8. The molecule has 6 heteroatoms. The summed E-state index contributed by atoms with van der Waals surface area (Å²) in [5.41, 5.74) is 5.45. The number of nitrogens with two attached hydrogens (primary N) is 1. The lowest BCUT2D eigenvalue weighted by Gasteiger charge is -2.15. The van der Waals surface area contributed by atoms with Crippen molar-refractivity contribution in [3.8, 4) is 0 Å². The van der Waals surface area contributed by atoms with E-state index in [0.717, 1.165) is 6.07 Å². The Morgan fingerprint density at radius 2 is 1.74 bits per heavy atom. The SMILES string of the molecule is CCOC(=O)C(C(=O)OCC)c1ccc(N)c(F)c1. The third-order valence-corrected chi connectivity index (χ3v) is 2.40. The number of carbonyl (C=O) groups excluding carboxylic acids is 2. The third kappa shape index (κ3) is 3.67. The Labute approximate surface area is 110 Å². The van der Waals surface area contributed by atoms with E-state index < -0.39 is 23.7 Å². The van der Waals surface area contributed by atoms with Gasteiger partial charge < -0.3 is 15.2 Å². The van der Waals surface area contributed by atoms with Crippen LogP contribution in [0.25, 0.3) is 0 Å². The van der Waals surface area contributed by atoms with Gasteiger partial charge in [0.2, 0.25) is 0 Å². The van der Waals surface area contributed by atoms with Crippen molar-refractivity contribution in [2.75, 3.05) is 18.9 Å². The van der Waals surface area contributed by atoms with Gasteiger partial charge in [-0.05, 0) is 31.5 Å². The van der Waals surface area contributed by atoms with Crippen molar-refractivity contribution in [3.63, 3.8) is 0 Å². The van der Waals surface area contributed by atoms with E-state index >= 15 is 0 Å². The molecule has 0 aliphatic carbocycles. The van der Waals surface area contributed by atoms with E-state index in [-0.39, 0.29) is 24.5 Å². The number of hydrogen-bond donors (Lipinski definition) is 1. The normalized spacial score (nSPS) is 10.3. The maximum atomic E-state index is 13.4. The van der Waals surface area contributed by atoms with Crippen LogP contribution in [0.1, 0.15) is 25.3 Å². The monoisotopic (exact) mass is 269 g/mol. The number of halogens is 1. The number of benzene rings is 1. The van der Waals surface area contributed by atoms with Crippen LogP contribution >= 0.6 is 0 Å². The van der Waals surface area contributed by atoms with Crippen molar-refractivity contribution in [1.29, 1.82) is 0 Å². The summed E-state index contributed by atoms with van der Waals surface area (Å²) < 4.78 is 23.0. The molecule has 0 unspecified atom stereocenters. The molecule has 0 bridgehead atoms. The molecule has 0 aromatic heterocycles. The highest BCUT2D eigenvalue weighted by atomic mass is 19.1. The molecule has 0 saturated heterocycles. The highest BCUT2D eigenvalue weighted by Gasteiger charge is 2.31. The van der Waals surface area contributed by atoms with Crippen LogP contribution in [0.5, 0.6) is 0 Å². The van der Waals surface area contributed by atoms with Gasteiger partial charge in [0.15, 0.2) is 5.92 Å². The lowest BCUT2D eigenvalue weighted by Crippen LogP contribution is -2.26. The van der Waals surface area contributed by atoms with Gasteiger partial charge in [-0.3, -0.25) is 9.59 Å². The maximum absolute atomic E-state index is 13.4. The van der Waals surface area contributed by atoms with Crippen LogP contribution in [0.15, 0.2) is 18.2 Å². The largest absolute Gasteiger partial charge is 0.465 e. The topological polar surface area (TPSA) is 78.6 Å². The maximum Gasteiger partial charge on any atom is 0.324 e. The Morgan fingerprint density at radius 1 is 1.21 bits per heavy atom. The fraction of sp³-hybridized carbons (Fsp3) is 0.385. The van der Waals surface area contributed by atoms with E-state index in [1.54, 1.807) is 13.8 Å². The van der Waals surface area contributed by atoms with E-state index in [9.17, 15) is 14.0 Å². The summed E-state index contributed by atoms with van der Waals surface area (Å²) in [6.07, 6.45) is 0. The van der Waals surface area contributed by atoms with Gasteiger partial charge in [0.1, 0.15) is 5.82 Å². The lowest BCUT2D eigenvalue weighted by atomic mass is 9.99. The predicted octanol–water partition coefficient (Wildman–Crippen LogP) is 1.62. The quantitative estimate of drug-likeness (QED) is 0.499. The number of rotatable bonds is 5. The molecule has 0 amide bonds. The summed E-state index contributed by atoms with van der Waals surface area (Å²) in [5.74, 6) is -3.54. The Bertz CT molecular complexity index is 458. The van der Waals surface area contributed by atoms with Crippen LogP contribution < -0.4 is 5.73 Å². The molecule has 5 nitrogen and oxygen atoms in total. The van der Waals surface area contributed by atoms with Crippen molar-refractivity contribution in [3.05, 3.63) is 29.6 Å². The van der Waals surface area contributed by atoms with Crippen molar-refractivity contribution in [1.82, 2.24) is 0 Å². The van der Waals surface area contributed by atoms with Gasteiger partial charge in [0.25, 0.3) is 0 Å². The molecule has 0 aliphatic rings. The number of nitrogen functional groups attached to an aromatic ring is 1. The van der Waals surface area contributed by atoms with Crippen molar-refractivity contribution < 1.29 is 23.5 Å². The first-order valence-electron chi connectivity index (χ1n) is 5.89. The molecule has 0 saturated carbocycles. The molecule has 1 rings (SSSR count). The Balaban J connectivity index is 3.11. The zero-order chi connectivity index (χ0) is 14.4. The molecule has 104 valence electrons. The minimum Gasteiger partial charge on any atom is -0.465 e. The molecule has 0 aliphatic heterocycles. The number of esters is 2. The summed E-state index contributed by atoms with van der Waals surface area (Å²) >= 11 is 0. The molecule has 0 radical (unpaired) electrons. The number of anilines is 1. The van der Waals surface area contributed by atoms with E-state index in [4.69, 9.17) is 15.2 Å². The second-order valence-corrected chi connectivity index (χ2v) is 3.72. The minimum absolute atomic E-state index is 0.0600. The van der Waals surface area contributed by atoms with E-state index in [0.29, 0.717) is 0 Å². The predicted molar refractivity (Wildman–Crippen MR) is 66.8 cm³/mol. The third-order valence-electron chi connectivity index (χ3n) is 2.40. The van der Waals surface area contributed by atoms with Gasteiger partial charge in [0, 0.05) is 0 Å². The minimum atomic E-state index is -1.30. The molecule has 0 heterocycles. The molecule has 0 fully saturated rings. The number of hydrogen-bond acceptors (Lipinski definition) is 5. The Hall–Kier alpha value is -2.11. The summed E-state index contributed by atoms with van der Waals surface area (Å²) in [6, 6.07) is 3.72. The average Bonchev–Trinajstić information content (AvgIpc) is 2.34. The molecule has 1 aromatic rings. The molecule has 19 heavy (non-hydrogen) atoms. The summed E-state index contributed by atoms with van der Waals surface area (Å²) in [4.78, 5) is 23.6. The van der Waals surface area contributed by atoms with Crippen LogP contribution in [0.2, 0.25) is 0 Å². The fourth-order valence-corrected chi connectivity index (χ4v) is 1.54. The highest BCUT2D eigenvalue weighted by molar-refractivity contribution is 6.00. The molecule has 0 spiro atoms. The number of carbonyl (C=O) groups is 2. The molecule has 2 N–H and O–H groups in total. The van der Waals surface area contributed by atoms with Gasteiger partial charge in [-0.2, -0.15) is 0 Å². The van der Waals surface area contributed by atoms with Gasteiger partial charge in [-0.25, -0.2) is 4.39 Å². The number of ether oxygens (including phenoxy) is 2. The van der Waals surface area contributed by atoms with Gasteiger partial charge in [0.05, 0.1) is 18.9 Å². The van der Waals surface area contributed by atoms with E-state index in [1.165, 1.54) is 12.1 Å². The Morgan fingerprint density at radius 3 is 2.16 bits per heavy atom. The molecular weight excluding hydrogens is 253 g/mol. The van der Waals surface area contributed by atoms with Crippen LogP contribution in [0.3, 0.4) is 0 Å². The summed E-state index contributed by atoms with van der Waals surface area (Å²) in [6.45, 7) is 3.46. The van der Waals surface area contributed by atoms with E-state index in [2.05, 4.69) is 0 Å². The molecular formula is C13H16FNO4. The van der Waals surface area contributed by atoms with E-state index in [1.807, 2.05) is 0 Å². The summed E-state index contributed by atoms with van der Waals surface area (Å²) in [7, 11) is 0. The Kier molecular flexibility index (Phi) is 5.29. The van der Waals surface area contributed by atoms with Gasteiger partial charge in [-0.15, -0.1) is 0 Å². The van der Waals surface area contributed by atoms with Crippen molar-refractivity contribution in [2.45, 2.75) is 19.8 Å². The van der Waals surface area contributed by atoms with Gasteiger partial charge >= 0.3 is 11.9 Å². The highest BCUT2D eigenvalue weighted by Crippen LogP contribution is 2.23. The second kappa shape index (κ2) is 6.72. The average molecular weight is 269 g/mol. The fourth-order valence-electron chi connectivity index (χ4n) is 1.54. The smallest absolute Gasteiger partial charge is 0.324 e. The van der Waals surface area contributed by atoms with Gasteiger partial charge in [-0.1, -0.05) is 6.07 Å². The first-order chi connectivity index (χ1) is 9.01. The lowest BCUT2D eigenvalue weighted by molar-refractivity contribution is -0.156. The van der Waals surface area contributed by atoms with Crippen LogP contribution in [0, 0.1) is 5.82 Å². The van der Waals surface area contributed by atoms with Crippen LogP contribution in [0.4, 0.5) is 10.1 Å². The van der Waals surface area contributed by atoms with Crippen LogP contribution in [-0.2, 0) is 19.1 Å². The first-order valence-corrected chi connectivity index (χ1v) is 5.89. The summed E-state index contributed by atoms with van der Waals surface area (Å²) in [5, 5.41) is 0. The van der Waals surface area contributed by atoms with Crippen molar-refractivity contribution >= 4 is 17.6 Å². The zero-order valence-electron chi connectivity index (χ0n) is 10.8. The van der Waals surface area contributed by atoms with Crippen LogP contribution in [-0.4, -0.2) is 25.2 Å². The standard InChI is InChI=1S/C13H16FNO4/c1-3-18-12(16)11(13(17)19-4-2)8-5-6-10(15)9(14)7-8/h5-7,11H,3-4,15H2,1-2H3. The van der Waals surface area contributed by atoms with Crippen molar-refractivity contribution in [2.24, 2.45) is 0 Å². The first kappa shape index (κ1) is 14.9. The second-order valence-electron chi connectivity index (χ2n) is 3.72.